The Morgan fingerprint density at radius 3 is 2.31 bits per heavy atom. The van der Waals surface area contributed by atoms with E-state index in [0.29, 0.717) is 28.6 Å². The highest BCUT2D eigenvalue weighted by atomic mass is 32.2. The Labute approximate surface area is 207 Å². The molecule has 0 spiro atoms. The summed E-state index contributed by atoms with van der Waals surface area (Å²) in [5, 5.41) is 2.27. The fourth-order valence-electron chi connectivity index (χ4n) is 3.30. The molecule has 0 bridgehead atoms. The van der Waals surface area contributed by atoms with E-state index < -0.39 is 11.1 Å². The van der Waals surface area contributed by atoms with Gasteiger partial charge in [0.15, 0.2) is 11.5 Å². The molecule has 0 saturated carbocycles. The summed E-state index contributed by atoms with van der Waals surface area (Å²) in [6.07, 6.45) is 4.62. The second-order valence-electron chi connectivity index (χ2n) is 7.19. The molecular formula is C25H26N2O7S. The van der Waals surface area contributed by atoms with Gasteiger partial charge in [0.2, 0.25) is 11.7 Å². The molecule has 184 valence electrons. The van der Waals surface area contributed by atoms with Crippen LogP contribution in [0.15, 0.2) is 47.4 Å². The van der Waals surface area contributed by atoms with Crippen LogP contribution in [-0.2, 0) is 9.59 Å². The van der Waals surface area contributed by atoms with Gasteiger partial charge >= 0.3 is 0 Å². The SMILES string of the molecule is COc1cccc(C=CC(=O)NCCN2C(=O)SC(=Cc3cc(OC)c(OC)c(OC)c3)C2=O)c1. The first-order valence-corrected chi connectivity index (χ1v) is 11.4. The number of carbonyl (C=O) groups excluding carboxylic acids is 3. The normalized spacial score (nSPS) is 14.5. The minimum Gasteiger partial charge on any atom is -0.497 e. The highest BCUT2D eigenvalue weighted by molar-refractivity contribution is 8.18. The largest absolute Gasteiger partial charge is 0.497 e. The third kappa shape index (κ3) is 6.36. The van der Waals surface area contributed by atoms with Gasteiger partial charge < -0.3 is 24.3 Å². The summed E-state index contributed by atoms with van der Waals surface area (Å²) in [6.45, 7) is 0.173. The van der Waals surface area contributed by atoms with Gasteiger partial charge in [-0.25, -0.2) is 0 Å². The number of nitrogens with one attached hydrogen (secondary N) is 1. The number of carbonyl (C=O) groups is 3. The molecule has 35 heavy (non-hydrogen) atoms. The van der Waals surface area contributed by atoms with Crippen LogP contribution in [0.5, 0.6) is 23.0 Å². The number of hydrogen-bond donors (Lipinski definition) is 1. The molecule has 1 N–H and O–H groups in total. The van der Waals surface area contributed by atoms with Crippen molar-refractivity contribution >= 4 is 41.0 Å². The third-order valence-electron chi connectivity index (χ3n) is 5.01. The molecule has 1 aliphatic heterocycles. The van der Waals surface area contributed by atoms with E-state index in [-0.39, 0.29) is 23.9 Å². The van der Waals surface area contributed by atoms with Crippen LogP contribution in [0.1, 0.15) is 11.1 Å². The van der Waals surface area contributed by atoms with Crippen molar-refractivity contribution in [2.75, 3.05) is 41.5 Å². The number of nitrogens with zero attached hydrogens (tertiary/aromatic N) is 1. The number of methoxy groups -OCH3 is 4. The first-order chi connectivity index (χ1) is 16.9. The number of rotatable bonds is 10. The molecular weight excluding hydrogens is 472 g/mol. The summed E-state index contributed by atoms with van der Waals surface area (Å²) in [7, 11) is 6.06. The maximum atomic E-state index is 12.8. The minimum absolute atomic E-state index is 0.0516. The summed E-state index contributed by atoms with van der Waals surface area (Å²) in [5.41, 5.74) is 1.42. The van der Waals surface area contributed by atoms with Crippen LogP contribution in [0.3, 0.4) is 0 Å². The maximum Gasteiger partial charge on any atom is 0.293 e. The first kappa shape index (κ1) is 25.7. The summed E-state index contributed by atoms with van der Waals surface area (Å²) in [6, 6.07) is 10.6. The predicted octanol–water partition coefficient (Wildman–Crippen LogP) is 3.59. The molecule has 3 rings (SSSR count). The van der Waals surface area contributed by atoms with Gasteiger partial charge in [-0.2, -0.15) is 0 Å². The van der Waals surface area contributed by atoms with Crippen molar-refractivity contribution in [2.24, 2.45) is 0 Å². The van der Waals surface area contributed by atoms with Gasteiger partial charge in [-0.3, -0.25) is 19.3 Å². The quantitative estimate of drug-likeness (QED) is 0.496. The standard InChI is InChI=1S/C25H26N2O7S/c1-31-18-7-5-6-16(12-18)8-9-22(28)26-10-11-27-24(29)21(35-25(27)30)15-17-13-19(32-2)23(34-4)20(14-17)33-3/h5-9,12-15H,10-11H2,1-4H3,(H,26,28). The average molecular weight is 499 g/mol. The van der Waals surface area contributed by atoms with E-state index in [4.69, 9.17) is 18.9 Å². The molecule has 1 aliphatic rings. The van der Waals surface area contributed by atoms with Crippen molar-refractivity contribution < 1.29 is 33.3 Å². The van der Waals surface area contributed by atoms with Crippen molar-refractivity contribution in [1.82, 2.24) is 10.2 Å². The molecule has 0 atom stereocenters. The van der Waals surface area contributed by atoms with Gasteiger partial charge in [-0.05, 0) is 59.3 Å². The molecule has 0 unspecified atom stereocenters. The lowest BCUT2D eigenvalue weighted by Crippen LogP contribution is -2.36. The maximum absolute atomic E-state index is 12.8. The minimum atomic E-state index is -0.435. The van der Waals surface area contributed by atoms with E-state index in [2.05, 4.69) is 5.32 Å². The van der Waals surface area contributed by atoms with E-state index in [0.717, 1.165) is 22.2 Å². The molecule has 10 heteroatoms. The van der Waals surface area contributed by atoms with Crippen LogP contribution in [-0.4, -0.2) is 63.5 Å². The Balaban J connectivity index is 1.61. The van der Waals surface area contributed by atoms with E-state index in [1.165, 1.54) is 27.4 Å². The molecule has 1 saturated heterocycles. The average Bonchev–Trinajstić information content (AvgIpc) is 3.14. The van der Waals surface area contributed by atoms with Gasteiger partial charge in [0, 0.05) is 19.2 Å². The highest BCUT2D eigenvalue weighted by Gasteiger charge is 2.34. The summed E-state index contributed by atoms with van der Waals surface area (Å²) in [5.74, 6) is 1.20. The van der Waals surface area contributed by atoms with E-state index in [1.54, 1.807) is 37.5 Å². The molecule has 2 aromatic rings. The Bertz CT molecular complexity index is 1150. The Morgan fingerprint density at radius 1 is 0.971 bits per heavy atom. The van der Waals surface area contributed by atoms with Gasteiger partial charge in [0.05, 0.1) is 33.3 Å². The fraction of sp³-hybridized carbons (Fsp3) is 0.240. The topological polar surface area (TPSA) is 103 Å². The van der Waals surface area contributed by atoms with Crippen molar-refractivity contribution in [3.8, 4) is 23.0 Å². The first-order valence-electron chi connectivity index (χ1n) is 10.6. The number of amides is 3. The second kappa shape index (κ2) is 12.0. The Hall–Kier alpha value is -3.92. The number of imide groups is 1. The van der Waals surface area contributed by atoms with Gasteiger partial charge in [0.1, 0.15) is 5.75 Å². The van der Waals surface area contributed by atoms with E-state index >= 15 is 0 Å². The molecule has 9 nitrogen and oxygen atoms in total. The third-order valence-corrected chi connectivity index (χ3v) is 5.92. The lowest BCUT2D eigenvalue weighted by Gasteiger charge is -2.13. The van der Waals surface area contributed by atoms with Crippen molar-refractivity contribution in [2.45, 2.75) is 0 Å². The smallest absolute Gasteiger partial charge is 0.293 e. The van der Waals surface area contributed by atoms with Gasteiger partial charge in [-0.1, -0.05) is 12.1 Å². The number of hydrogen-bond acceptors (Lipinski definition) is 8. The van der Waals surface area contributed by atoms with Crippen LogP contribution in [0.25, 0.3) is 12.2 Å². The molecule has 1 heterocycles. The van der Waals surface area contributed by atoms with Gasteiger partial charge in [0.25, 0.3) is 11.1 Å². The van der Waals surface area contributed by atoms with Crippen LogP contribution < -0.4 is 24.3 Å². The van der Waals surface area contributed by atoms with Crippen molar-refractivity contribution in [3.63, 3.8) is 0 Å². The Kier molecular flexibility index (Phi) is 8.80. The molecule has 0 aliphatic carbocycles. The highest BCUT2D eigenvalue weighted by Crippen LogP contribution is 2.40. The predicted molar refractivity (Wildman–Crippen MR) is 134 cm³/mol. The van der Waals surface area contributed by atoms with Crippen LogP contribution >= 0.6 is 11.8 Å². The number of ether oxygens (including phenoxy) is 4. The molecule has 3 amide bonds. The fourth-order valence-corrected chi connectivity index (χ4v) is 4.16. The van der Waals surface area contributed by atoms with E-state index in [9.17, 15) is 14.4 Å². The summed E-state index contributed by atoms with van der Waals surface area (Å²) >= 11 is 0.830. The second-order valence-corrected chi connectivity index (χ2v) is 8.19. The number of benzene rings is 2. The van der Waals surface area contributed by atoms with Gasteiger partial charge in [-0.15, -0.1) is 0 Å². The zero-order valence-corrected chi connectivity index (χ0v) is 20.6. The lowest BCUT2D eigenvalue weighted by molar-refractivity contribution is -0.123. The van der Waals surface area contributed by atoms with Crippen LogP contribution in [0, 0.1) is 0 Å². The summed E-state index contributed by atoms with van der Waals surface area (Å²) in [4.78, 5) is 38.7. The van der Waals surface area contributed by atoms with Crippen LogP contribution in [0.2, 0.25) is 0 Å². The molecule has 1 fully saturated rings. The van der Waals surface area contributed by atoms with Crippen LogP contribution in [0.4, 0.5) is 4.79 Å². The zero-order chi connectivity index (χ0) is 25.4. The molecule has 2 aromatic carbocycles. The monoisotopic (exact) mass is 498 g/mol. The number of thioether (sulfide) groups is 1. The Morgan fingerprint density at radius 2 is 1.69 bits per heavy atom. The molecule has 0 radical (unpaired) electrons. The zero-order valence-electron chi connectivity index (χ0n) is 19.8. The van der Waals surface area contributed by atoms with Crippen molar-refractivity contribution in [3.05, 3.63) is 58.5 Å². The van der Waals surface area contributed by atoms with Crippen molar-refractivity contribution in [1.29, 1.82) is 0 Å². The lowest BCUT2D eigenvalue weighted by atomic mass is 10.1. The van der Waals surface area contributed by atoms with E-state index in [1.807, 2.05) is 18.2 Å². The molecule has 0 aromatic heterocycles. The summed E-state index contributed by atoms with van der Waals surface area (Å²) < 4.78 is 21.1.